The summed E-state index contributed by atoms with van der Waals surface area (Å²) in [6.07, 6.45) is 3.98. The van der Waals surface area contributed by atoms with Crippen LogP contribution in [0.25, 0.3) is 0 Å². The highest BCUT2D eigenvalue weighted by molar-refractivity contribution is 5.04. The zero-order valence-electron chi connectivity index (χ0n) is 7.81. The molecular weight excluding hydrogens is 136 g/mol. The minimum atomic E-state index is 0.273. The molecule has 0 aromatic heterocycles. The Morgan fingerprint density at radius 3 is 2.18 bits per heavy atom. The Labute approximate surface area is 69.1 Å². The van der Waals surface area contributed by atoms with Crippen molar-refractivity contribution in [1.29, 1.82) is 0 Å². The summed E-state index contributed by atoms with van der Waals surface area (Å²) in [5.41, 5.74) is 0.805. The second kappa shape index (κ2) is 2.01. The molecule has 1 aliphatic carbocycles. The van der Waals surface area contributed by atoms with Gasteiger partial charge in [0, 0.05) is 0 Å². The van der Waals surface area contributed by atoms with E-state index in [1.165, 1.54) is 19.3 Å². The summed E-state index contributed by atoms with van der Waals surface area (Å²) < 4.78 is 5.90. The molecule has 1 heterocycles. The van der Waals surface area contributed by atoms with Crippen molar-refractivity contribution in [3.63, 3.8) is 0 Å². The van der Waals surface area contributed by atoms with Gasteiger partial charge in [-0.3, -0.25) is 0 Å². The molecule has 0 N–H and O–H groups in total. The molecule has 0 amide bonds. The molecule has 1 saturated heterocycles. The largest absolute Gasteiger partial charge is 0.374 e. The molecule has 1 saturated carbocycles. The molecule has 11 heavy (non-hydrogen) atoms. The lowest BCUT2D eigenvalue weighted by Gasteiger charge is -2.31. The molecule has 2 unspecified atom stereocenters. The quantitative estimate of drug-likeness (QED) is 0.564. The van der Waals surface area contributed by atoms with Crippen LogP contribution in [0.1, 0.15) is 40.0 Å². The monoisotopic (exact) mass is 154 g/mol. The van der Waals surface area contributed by atoms with Gasteiger partial charge in [-0.25, -0.2) is 0 Å². The Bertz CT molecular complexity index is 164. The standard InChI is InChI=1S/C10H18O/c1-8(2)10-5-4-9(3,6-10)7-11-10/h8H,4-7H2,1-3H3. The van der Waals surface area contributed by atoms with Crippen molar-refractivity contribution in [3.05, 3.63) is 0 Å². The maximum atomic E-state index is 5.90. The first kappa shape index (κ1) is 7.60. The van der Waals surface area contributed by atoms with E-state index in [0.29, 0.717) is 11.3 Å². The highest BCUT2D eigenvalue weighted by atomic mass is 16.5. The summed E-state index contributed by atoms with van der Waals surface area (Å²) in [7, 11) is 0. The second-order valence-corrected chi connectivity index (χ2v) is 5.00. The summed E-state index contributed by atoms with van der Waals surface area (Å²) in [5.74, 6) is 0.701. The first-order chi connectivity index (χ1) is 5.06. The third kappa shape index (κ3) is 0.936. The van der Waals surface area contributed by atoms with Crippen LogP contribution in [-0.4, -0.2) is 12.2 Å². The van der Waals surface area contributed by atoms with Crippen LogP contribution in [0.3, 0.4) is 0 Å². The van der Waals surface area contributed by atoms with Gasteiger partial charge in [-0.05, 0) is 30.6 Å². The maximum absolute atomic E-state index is 5.90. The molecule has 0 radical (unpaired) electrons. The highest BCUT2D eigenvalue weighted by Crippen LogP contribution is 2.55. The minimum Gasteiger partial charge on any atom is -0.374 e. The van der Waals surface area contributed by atoms with Gasteiger partial charge in [-0.1, -0.05) is 20.8 Å². The molecule has 2 rings (SSSR count). The van der Waals surface area contributed by atoms with Crippen molar-refractivity contribution in [3.8, 4) is 0 Å². The van der Waals surface area contributed by atoms with E-state index in [0.717, 1.165) is 6.61 Å². The van der Waals surface area contributed by atoms with Gasteiger partial charge in [-0.2, -0.15) is 0 Å². The van der Waals surface area contributed by atoms with Gasteiger partial charge in [0.1, 0.15) is 0 Å². The van der Waals surface area contributed by atoms with Gasteiger partial charge in [0.15, 0.2) is 0 Å². The Hall–Kier alpha value is -0.0400. The maximum Gasteiger partial charge on any atom is 0.0711 e. The Kier molecular flexibility index (Phi) is 1.39. The van der Waals surface area contributed by atoms with Crippen LogP contribution in [-0.2, 0) is 4.74 Å². The van der Waals surface area contributed by atoms with Crippen LogP contribution in [0.5, 0.6) is 0 Å². The number of ether oxygens (including phenoxy) is 1. The van der Waals surface area contributed by atoms with E-state index in [2.05, 4.69) is 20.8 Å². The zero-order valence-corrected chi connectivity index (χ0v) is 7.81. The highest BCUT2D eigenvalue weighted by Gasteiger charge is 2.54. The fourth-order valence-electron chi connectivity index (χ4n) is 2.64. The first-order valence-corrected chi connectivity index (χ1v) is 4.70. The van der Waals surface area contributed by atoms with Crippen molar-refractivity contribution in [1.82, 2.24) is 0 Å². The van der Waals surface area contributed by atoms with Crippen molar-refractivity contribution in [2.24, 2.45) is 11.3 Å². The van der Waals surface area contributed by atoms with E-state index in [1.54, 1.807) is 0 Å². The van der Waals surface area contributed by atoms with Crippen LogP contribution >= 0.6 is 0 Å². The molecular formula is C10H18O. The molecule has 1 nitrogen and oxygen atoms in total. The number of rotatable bonds is 1. The zero-order chi connectivity index (χ0) is 8.11. The van der Waals surface area contributed by atoms with Crippen LogP contribution in [0.15, 0.2) is 0 Å². The molecule has 1 aliphatic heterocycles. The van der Waals surface area contributed by atoms with E-state index in [9.17, 15) is 0 Å². The van der Waals surface area contributed by atoms with E-state index in [4.69, 9.17) is 4.74 Å². The van der Waals surface area contributed by atoms with E-state index in [-0.39, 0.29) is 5.60 Å². The number of hydrogen-bond donors (Lipinski definition) is 0. The fraction of sp³-hybridized carbons (Fsp3) is 1.00. The Morgan fingerprint density at radius 2 is 2.00 bits per heavy atom. The third-order valence-electron chi connectivity index (χ3n) is 3.64. The van der Waals surface area contributed by atoms with E-state index >= 15 is 0 Å². The first-order valence-electron chi connectivity index (χ1n) is 4.70. The Balaban J connectivity index is 2.20. The predicted molar refractivity (Wildman–Crippen MR) is 45.5 cm³/mol. The van der Waals surface area contributed by atoms with Crippen LogP contribution in [0.2, 0.25) is 0 Å². The van der Waals surface area contributed by atoms with E-state index < -0.39 is 0 Å². The minimum absolute atomic E-state index is 0.273. The van der Waals surface area contributed by atoms with Gasteiger partial charge in [0.05, 0.1) is 12.2 Å². The lowest BCUT2D eigenvalue weighted by Crippen LogP contribution is -2.32. The Morgan fingerprint density at radius 1 is 1.27 bits per heavy atom. The molecule has 2 fully saturated rings. The molecule has 0 aromatic rings. The van der Waals surface area contributed by atoms with Crippen LogP contribution < -0.4 is 0 Å². The number of hydrogen-bond acceptors (Lipinski definition) is 1. The van der Waals surface area contributed by atoms with Gasteiger partial charge >= 0.3 is 0 Å². The summed E-state index contributed by atoms with van der Waals surface area (Å²) in [6.45, 7) is 7.95. The van der Waals surface area contributed by atoms with Crippen molar-refractivity contribution in [2.75, 3.05) is 6.61 Å². The second-order valence-electron chi connectivity index (χ2n) is 5.00. The van der Waals surface area contributed by atoms with E-state index in [1.807, 2.05) is 0 Å². The molecule has 0 spiro atoms. The SMILES string of the molecule is CC(C)C12CCC(C)(CO1)C2. The van der Waals surface area contributed by atoms with Crippen molar-refractivity contribution < 1.29 is 4.74 Å². The average molecular weight is 154 g/mol. The van der Waals surface area contributed by atoms with Gasteiger partial charge in [0.2, 0.25) is 0 Å². The lowest BCUT2D eigenvalue weighted by atomic mass is 9.86. The number of fused-ring (bicyclic) bond motifs is 2. The smallest absolute Gasteiger partial charge is 0.0711 e. The fourth-order valence-corrected chi connectivity index (χ4v) is 2.64. The third-order valence-corrected chi connectivity index (χ3v) is 3.64. The lowest BCUT2D eigenvalue weighted by molar-refractivity contribution is -0.0562. The van der Waals surface area contributed by atoms with Crippen molar-refractivity contribution in [2.45, 2.75) is 45.6 Å². The van der Waals surface area contributed by atoms with Crippen LogP contribution in [0.4, 0.5) is 0 Å². The summed E-state index contributed by atoms with van der Waals surface area (Å²) >= 11 is 0. The molecule has 1 heteroatoms. The predicted octanol–water partition coefficient (Wildman–Crippen LogP) is 2.60. The average Bonchev–Trinajstić information content (AvgIpc) is 2.42. The van der Waals surface area contributed by atoms with Crippen molar-refractivity contribution >= 4 is 0 Å². The molecule has 64 valence electrons. The molecule has 0 aromatic carbocycles. The topological polar surface area (TPSA) is 9.23 Å². The summed E-state index contributed by atoms with van der Waals surface area (Å²) in [5, 5.41) is 0. The summed E-state index contributed by atoms with van der Waals surface area (Å²) in [4.78, 5) is 0. The van der Waals surface area contributed by atoms with Crippen LogP contribution in [0, 0.1) is 11.3 Å². The van der Waals surface area contributed by atoms with Gasteiger partial charge < -0.3 is 4.74 Å². The molecule has 2 atom stereocenters. The summed E-state index contributed by atoms with van der Waals surface area (Å²) in [6, 6.07) is 0. The van der Waals surface area contributed by atoms with Gasteiger partial charge in [0.25, 0.3) is 0 Å². The normalized spacial score (nSPS) is 49.1. The van der Waals surface area contributed by atoms with Gasteiger partial charge in [-0.15, -0.1) is 0 Å². The molecule has 2 aliphatic rings. The molecule has 2 bridgehead atoms.